The summed E-state index contributed by atoms with van der Waals surface area (Å²) in [4.78, 5) is 16.3. The lowest BCUT2D eigenvalue weighted by molar-refractivity contribution is -0.116. The lowest BCUT2D eigenvalue weighted by Gasteiger charge is -2.01. The number of nitrogens with one attached hydrogen (secondary N) is 1. The van der Waals surface area contributed by atoms with Crippen LogP contribution in [0.15, 0.2) is 35.7 Å². The zero-order valence-electron chi connectivity index (χ0n) is 12.5. The molecule has 0 aliphatic carbocycles. The van der Waals surface area contributed by atoms with Gasteiger partial charge in [0.25, 0.3) is 0 Å². The lowest BCUT2D eigenvalue weighted by Crippen LogP contribution is -2.10. The van der Waals surface area contributed by atoms with Crippen molar-refractivity contribution < 1.29 is 4.79 Å². The van der Waals surface area contributed by atoms with Gasteiger partial charge in [-0.05, 0) is 6.42 Å². The molecule has 0 aliphatic rings. The van der Waals surface area contributed by atoms with Gasteiger partial charge in [-0.3, -0.25) is 4.79 Å². The predicted octanol–water partition coefficient (Wildman–Crippen LogP) is 5.11. The van der Waals surface area contributed by atoms with Crippen LogP contribution in [0.2, 0.25) is 0 Å². The van der Waals surface area contributed by atoms with Crippen molar-refractivity contribution in [1.82, 2.24) is 4.98 Å². The number of anilines is 1. The van der Waals surface area contributed by atoms with E-state index in [2.05, 4.69) is 17.2 Å². The molecule has 112 valence electrons. The summed E-state index contributed by atoms with van der Waals surface area (Å²) in [5, 5.41) is 5.56. The van der Waals surface area contributed by atoms with E-state index in [4.69, 9.17) is 0 Å². The van der Waals surface area contributed by atoms with Gasteiger partial charge in [0.2, 0.25) is 5.91 Å². The summed E-state index contributed by atoms with van der Waals surface area (Å²) < 4.78 is 0. The van der Waals surface area contributed by atoms with E-state index < -0.39 is 0 Å². The van der Waals surface area contributed by atoms with E-state index in [1.54, 1.807) is 0 Å². The summed E-state index contributed by atoms with van der Waals surface area (Å²) >= 11 is 1.48. The Balaban J connectivity index is 1.78. The average molecular weight is 302 g/mol. The van der Waals surface area contributed by atoms with E-state index in [0.717, 1.165) is 24.1 Å². The third kappa shape index (κ3) is 5.31. The molecule has 0 atom stereocenters. The second kappa shape index (κ2) is 8.57. The molecule has 1 aromatic carbocycles. The van der Waals surface area contributed by atoms with Gasteiger partial charge in [-0.25, -0.2) is 4.98 Å². The van der Waals surface area contributed by atoms with Crippen molar-refractivity contribution in [2.75, 3.05) is 5.32 Å². The van der Waals surface area contributed by atoms with E-state index in [-0.39, 0.29) is 5.91 Å². The van der Waals surface area contributed by atoms with Gasteiger partial charge in [0, 0.05) is 17.4 Å². The number of carbonyl (C=O) groups excluding carboxylic acids is 1. The highest BCUT2D eigenvalue weighted by atomic mass is 32.1. The number of unbranched alkanes of at least 4 members (excludes halogenated alkanes) is 4. The molecule has 0 fully saturated rings. The highest BCUT2D eigenvalue weighted by Gasteiger charge is 2.07. The van der Waals surface area contributed by atoms with Crippen molar-refractivity contribution in [2.45, 2.75) is 45.4 Å². The lowest BCUT2D eigenvalue weighted by atomic mass is 10.1. The number of amides is 1. The number of aromatic nitrogens is 1. The number of rotatable bonds is 8. The summed E-state index contributed by atoms with van der Waals surface area (Å²) in [6.45, 7) is 2.19. The van der Waals surface area contributed by atoms with Gasteiger partial charge in [0.05, 0.1) is 5.69 Å². The number of carbonyl (C=O) groups is 1. The van der Waals surface area contributed by atoms with E-state index in [1.165, 1.54) is 30.6 Å². The average Bonchev–Trinajstić information content (AvgIpc) is 2.96. The largest absolute Gasteiger partial charge is 0.302 e. The maximum absolute atomic E-state index is 11.8. The Kier molecular flexibility index (Phi) is 6.41. The molecule has 0 radical (unpaired) electrons. The van der Waals surface area contributed by atoms with Gasteiger partial charge < -0.3 is 5.32 Å². The Labute approximate surface area is 130 Å². The molecule has 21 heavy (non-hydrogen) atoms. The topological polar surface area (TPSA) is 42.0 Å². The Morgan fingerprint density at radius 1 is 1.14 bits per heavy atom. The maximum Gasteiger partial charge on any atom is 0.226 e. The summed E-state index contributed by atoms with van der Waals surface area (Å²) in [5.41, 5.74) is 1.99. The first-order chi connectivity index (χ1) is 10.3. The second-order valence-electron chi connectivity index (χ2n) is 5.12. The number of nitrogens with zero attached hydrogens (tertiary/aromatic N) is 1. The first-order valence-corrected chi connectivity index (χ1v) is 8.48. The van der Waals surface area contributed by atoms with Crippen LogP contribution < -0.4 is 5.32 Å². The highest BCUT2D eigenvalue weighted by molar-refractivity contribution is 7.14. The van der Waals surface area contributed by atoms with Crippen LogP contribution in [0.1, 0.15) is 45.4 Å². The Morgan fingerprint density at radius 3 is 2.67 bits per heavy atom. The van der Waals surface area contributed by atoms with Crippen LogP contribution in [0.4, 0.5) is 5.13 Å². The molecule has 0 unspecified atom stereocenters. The second-order valence-corrected chi connectivity index (χ2v) is 5.97. The molecular weight excluding hydrogens is 280 g/mol. The fourth-order valence-electron chi connectivity index (χ4n) is 2.14. The molecule has 2 aromatic rings. The van der Waals surface area contributed by atoms with Crippen LogP contribution in [-0.2, 0) is 4.79 Å². The van der Waals surface area contributed by atoms with Crippen LogP contribution in [0.3, 0.4) is 0 Å². The van der Waals surface area contributed by atoms with E-state index in [1.807, 2.05) is 35.7 Å². The normalized spacial score (nSPS) is 10.5. The van der Waals surface area contributed by atoms with Crippen molar-refractivity contribution in [1.29, 1.82) is 0 Å². The van der Waals surface area contributed by atoms with Crippen LogP contribution in [-0.4, -0.2) is 10.9 Å². The number of hydrogen-bond acceptors (Lipinski definition) is 3. The fourth-order valence-corrected chi connectivity index (χ4v) is 2.88. The van der Waals surface area contributed by atoms with Crippen LogP contribution in [0.25, 0.3) is 11.3 Å². The minimum absolute atomic E-state index is 0.0699. The molecule has 1 amide bonds. The van der Waals surface area contributed by atoms with Gasteiger partial charge in [-0.15, -0.1) is 11.3 Å². The first-order valence-electron chi connectivity index (χ1n) is 7.60. The SMILES string of the molecule is CCCCCCCC(=O)Nc1nc(-c2ccccc2)cs1. The van der Waals surface area contributed by atoms with Crippen molar-refractivity contribution >= 4 is 22.4 Å². The maximum atomic E-state index is 11.8. The van der Waals surface area contributed by atoms with E-state index in [0.29, 0.717) is 11.6 Å². The molecule has 4 heteroatoms. The van der Waals surface area contributed by atoms with Crippen LogP contribution in [0.5, 0.6) is 0 Å². The third-order valence-electron chi connectivity index (χ3n) is 3.33. The summed E-state index contributed by atoms with van der Waals surface area (Å²) in [6.07, 6.45) is 6.39. The smallest absolute Gasteiger partial charge is 0.226 e. The Bertz CT molecular complexity index is 551. The van der Waals surface area contributed by atoms with Gasteiger partial charge in [-0.2, -0.15) is 0 Å². The van der Waals surface area contributed by atoms with Crippen LogP contribution >= 0.6 is 11.3 Å². The Hall–Kier alpha value is -1.68. The minimum atomic E-state index is 0.0699. The standard InChI is InChI=1S/C17H22N2OS/c1-2-3-4-5-9-12-16(20)19-17-18-15(13-21-17)14-10-7-6-8-11-14/h6-8,10-11,13H,2-5,9,12H2,1H3,(H,18,19,20). The summed E-state index contributed by atoms with van der Waals surface area (Å²) in [5.74, 6) is 0.0699. The zero-order chi connectivity index (χ0) is 14.9. The monoisotopic (exact) mass is 302 g/mol. The van der Waals surface area contributed by atoms with Gasteiger partial charge >= 0.3 is 0 Å². The molecule has 0 saturated heterocycles. The van der Waals surface area contributed by atoms with Gasteiger partial charge in [0.1, 0.15) is 0 Å². The van der Waals surface area contributed by atoms with E-state index >= 15 is 0 Å². The molecular formula is C17H22N2OS. The summed E-state index contributed by atoms with van der Waals surface area (Å²) in [6, 6.07) is 10.0. The molecule has 0 bridgehead atoms. The highest BCUT2D eigenvalue weighted by Crippen LogP contribution is 2.24. The van der Waals surface area contributed by atoms with Crippen molar-refractivity contribution in [3.8, 4) is 11.3 Å². The number of benzene rings is 1. The molecule has 3 nitrogen and oxygen atoms in total. The van der Waals surface area contributed by atoms with Gasteiger partial charge in [-0.1, -0.05) is 62.9 Å². The number of thiazole rings is 1. The molecule has 1 N–H and O–H groups in total. The van der Waals surface area contributed by atoms with Crippen molar-refractivity contribution in [3.05, 3.63) is 35.7 Å². The summed E-state index contributed by atoms with van der Waals surface area (Å²) in [7, 11) is 0. The first kappa shape index (κ1) is 15.7. The van der Waals surface area contributed by atoms with E-state index in [9.17, 15) is 4.79 Å². The zero-order valence-corrected chi connectivity index (χ0v) is 13.3. The number of hydrogen-bond donors (Lipinski definition) is 1. The van der Waals surface area contributed by atoms with Crippen molar-refractivity contribution in [3.63, 3.8) is 0 Å². The Morgan fingerprint density at radius 2 is 1.90 bits per heavy atom. The van der Waals surface area contributed by atoms with Crippen LogP contribution in [0, 0.1) is 0 Å². The molecule has 2 rings (SSSR count). The molecule has 0 spiro atoms. The predicted molar refractivity (Wildman–Crippen MR) is 89.6 cm³/mol. The van der Waals surface area contributed by atoms with Gasteiger partial charge in [0.15, 0.2) is 5.13 Å². The van der Waals surface area contributed by atoms with Crippen molar-refractivity contribution in [2.24, 2.45) is 0 Å². The molecule has 1 aromatic heterocycles. The molecule has 0 aliphatic heterocycles. The fraction of sp³-hybridized carbons (Fsp3) is 0.412. The molecule has 0 saturated carbocycles. The third-order valence-corrected chi connectivity index (χ3v) is 4.09. The minimum Gasteiger partial charge on any atom is -0.302 e. The molecule has 1 heterocycles. The quantitative estimate of drug-likeness (QED) is 0.688.